The molecule has 13 heavy (non-hydrogen) atoms. The van der Waals surface area contributed by atoms with Gasteiger partial charge in [-0.25, -0.2) is 4.99 Å². The van der Waals surface area contributed by atoms with E-state index >= 15 is 0 Å². The summed E-state index contributed by atoms with van der Waals surface area (Å²) in [5.74, 6) is 0. The van der Waals surface area contributed by atoms with Crippen molar-refractivity contribution in [2.24, 2.45) is 15.2 Å². The molecule has 0 aliphatic carbocycles. The minimum atomic E-state index is 0.734. The Kier molecular flexibility index (Phi) is 1.88. The average molecular weight is 172 g/mol. The molecule has 2 rings (SSSR count). The Bertz CT molecular complexity index is 373. The van der Waals surface area contributed by atoms with Gasteiger partial charge in [-0.1, -0.05) is 0 Å². The Hall–Kier alpha value is -1.97. The number of aliphatic imine (C=N–C) groups is 1. The molecule has 0 spiro atoms. The lowest BCUT2D eigenvalue weighted by molar-refractivity contribution is 1.29. The van der Waals surface area contributed by atoms with E-state index in [9.17, 15) is 0 Å². The molecule has 1 aromatic carbocycles. The van der Waals surface area contributed by atoms with Crippen LogP contribution >= 0.6 is 0 Å². The molecule has 64 valence electrons. The highest BCUT2D eigenvalue weighted by molar-refractivity contribution is 6.57. The van der Waals surface area contributed by atoms with E-state index in [-0.39, 0.29) is 0 Å². The first-order chi connectivity index (χ1) is 6.34. The number of hydrogen-bond acceptors (Lipinski definition) is 4. The largest absolute Gasteiger partial charge is 0.399 e. The molecule has 1 aliphatic rings. The molecule has 0 atom stereocenters. The maximum atomic E-state index is 5.53. The summed E-state index contributed by atoms with van der Waals surface area (Å²) in [7, 11) is 0. The zero-order valence-electron chi connectivity index (χ0n) is 6.88. The fraction of sp³-hybridized carbons (Fsp3) is 0. The van der Waals surface area contributed by atoms with E-state index in [4.69, 9.17) is 5.73 Å². The highest BCUT2D eigenvalue weighted by Gasteiger charge is 1.96. The van der Waals surface area contributed by atoms with Gasteiger partial charge in [-0.3, -0.25) is 0 Å². The van der Waals surface area contributed by atoms with Crippen LogP contribution in [-0.2, 0) is 0 Å². The lowest BCUT2D eigenvalue weighted by Gasteiger charge is -1.94. The van der Waals surface area contributed by atoms with E-state index in [0.717, 1.165) is 17.1 Å². The summed E-state index contributed by atoms with van der Waals surface area (Å²) >= 11 is 0. The van der Waals surface area contributed by atoms with Crippen molar-refractivity contribution in [2.45, 2.75) is 0 Å². The molecule has 0 aromatic heterocycles. The molecule has 0 saturated heterocycles. The molecule has 4 heteroatoms. The fourth-order valence-electron chi connectivity index (χ4n) is 0.974. The Labute approximate surface area is 75.5 Å². The molecule has 0 fully saturated rings. The van der Waals surface area contributed by atoms with Crippen molar-refractivity contribution in [3.63, 3.8) is 0 Å². The first-order valence-electron chi connectivity index (χ1n) is 3.85. The summed E-state index contributed by atoms with van der Waals surface area (Å²) in [6, 6.07) is 7.32. The van der Waals surface area contributed by atoms with Crippen LogP contribution in [0.1, 0.15) is 0 Å². The molecule has 0 bridgehead atoms. The third kappa shape index (κ3) is 1.79. The monoisotopic (exact) mass is 172 g/mol. The van der Waals surface area contributed by atoms with Gasteiger partial charge in [0.2, 0.25) is 0 Å². The molecule has 0 unspecified atom stereocenters. The molecular weight excluding hydrogens is 164 g/mol. The summed E-state index contributed by atoms with van der Waals surface area (Å²) in [4.78, 5) is 4.26. The summed E-state index contributed by atoms with van der Waals surface area (Å²) in [5, 5.41) is 7.33. The molecule has 0 radical (unpaired) electrons. The lowest BCUT2D eigenvalue weighted by atomic mass is 10.3. The molecule has 4 nitrogen and oxygen atoms in total. The van der Waals surface area contributed by atoms with Crippen LogP contribution in [0.3, 0.4) is 0 Å². The number of benzene rings is 1. The van der Waals surface area contributed by atoms with E-state index in [1.807, 2.05) is 24.3 Å². The van der Waals surface area contributed by atoms with Crippen LogP contribution in [0.2, 0.25) is 0 Å². The van der Waals surface area contributed by atoms with Crippen molar-refractivity contribution in [1.29, 1.82) is 0 Å². The van der Waals surface area contributed by atoms with Crippen LogP contribution in [0.4, 0.5) is 11.4 Å². The first-order valence-corrected chi connectivity index (χ1v) is 3.85. The number of hydrogen-bond donors (Lipinski definition) is 1. The van der Waals surface area contributed by atoms with E-state index in [1.165, 1.54) is 0 Å². The molecule has 0 amide bonds. The van der Waals surface area contributed by atoms with Gasteiger partial charge in [-0.15, -0.1) is 0 Å². The van der Waals surface area contributed by atoms with Gasteiger partial charge in [0.25, 0.3) is 0 Å². The minimum absolute atomic E-state index is 0.734. The number of nitrogens with zero attached hydrogens (tertiary/aromatic N) is 3. The summed E-state index contributed by atoms with van der Waals surface area (Å²) < 4.78 is 0. The van der Waals surface area contributed by atoms with Gasteiger partial charge in [0.05, 0.1) is 18.1 Å². The molecule has 0 saturated carbocycles. The standard InChI is InChI=1S/C9H8N4/c10-7-1-3-8(4-2-7)13-9-5-11-12-6-9/h1-6H,10H2. The zero-order valence-corrected chi connectivity index (χ0v) is 6.88. The molecule has 2 N–H and O–H groups in total. The Morgan fingerprint density at radius 2 is 1.62 bits per heavy atom. The summed E-state index contributed by atoms with van der Waals surface area (Å²) in [6.07, 6.45) is 3.21. The second-order valence-corrected chi connectivity index (χ2v) is 2.62. The van der Waals surface area contributed by atoms with Gasteiger partial charge >= 0.3 is 0 Å². The highest BCUT2D eigenvalue weighted by Crippen LogP contribution is 2.14. The molecule has 1 aliphatic heterocycles. The van der Waals surface area contributed by atoms with Crippen LogP contribution in [-0.4, -0.2) is 18.1 Å². The third-order valence-corrected chi connectivity index (χ3v) is 1.60. The Balaban J connectivity index is 2.27. The van der Waals surface area contributed by atoms with Crippen molar-refractivity contribution in [3.8, 4) is 0 Å². The van der Waals surface area contributed by atoms with Crippen LogP contribution in [0.25, 0.3) is 0 Å². The first kappa shape index (κ1) is 7.67. The number of anilines is 1. The highest BCUT2D eigenvalue weighted by atomic mass is 15.2. The van der Waals surface area contributed by atoms with Crippen LogP contribution in [0.5, 0.6) is 0 Å². The van der Waals surface area contributed by atoms with Crippen molar-refractivity contribution in [3.05, 3.63) is 24.3 Å². The maximum Gasteiger partial charge on any atom is 0.104 e. The summed E-state index contributed by atoms with van der Waals surface area (Å²) in [5.41, 5.74) is 7.87. The average Bonchev–Trinajstić information content (AvgIpc) is 2.62. The van der Waals surface area contributed by atoms with Crippen LogP contribution in [0, 0.1) is 0 Å². The number of rotatable bonds is 1. The Morgan fingerprint density at radius 1 is 1.00 bits per heavy atom. The molecule has 1 heterocycles. The molecular formula is C9H8N4. The van der Waals surface area contributed by atoms with Gasteiger partial charge in [-0.05, 0) is 24.3 Å². The van der Waals surface area contributed by atoms with Crippen molar-refractivity contribution in [2.75, 3.05) is 5.73 Å². The second-order valence-electron chi connectivity index (χ2n) is 2.62. The lowest BCUT2D eigenvalue weighted by Crippen LogP contribution is -1.94. The fourth-order valence-corrected chi connectivity index (χ4v) is 0.974. The van der Waals surface area contributed by atoms with E-state index in [1.54, 1.807) is 12.4 Å². The van der Waals surface area contributed by atoms with E-state index < -0.39 is 0 Å². The number of nitrogens with two attached hydrogens (primary N) is 1. The van der Waals surface area contributed by atoms with Crippen molar-refractivity contribution < 1.29 is 0 Å². The van der Waals surface area contributed by atoms with Gasteiger partial charge < -0.3 is 5.73 Å². The predicted molar refractivity (Wildman–Crippen MR) is 54.9 cm³/mol. The smallest absolute Gasteiger partial charge is 0.104 e. The molecule has 1 aromatic rings. The van der Waals surface area contributed by atoms with Crippen LogP contribution in [0.15, 0.2) is 39.5 Å². The maximum absolute atomic E-state index is 5.53. The van der Waals surface area contributed by atoms with E-state index in [2.05, 4.69) is 15.2 Å². The normalized spacial score (nSPS) is 13.7. The zero-order chi connectivity index (χ0) is 9.10. The van der Waals surface area contributed by atoms with Gasteiger partial charge in [0, 0.05) is 5.69 Å². The second kappa shape index (κ2) is 3.18. The Morgan fingerprint density at radius 3 is 2.23 bits per heavy atom. The number of nitrogen functional groups attached to an aromatic ring is 1. The summed E-state index contributed by atoms with van der Waals surface area (Å²) in [6.45, 7) is 0. The van der Waals surface area contributed by atoms with Crippen molar-refractivity contribution >= 4 is 29.5 Å². The topological polar surface area (TPSA) is 63.1 Å². The quantitative estimate of drug-likeness (QED) is 0.639. The van der Waals surface area contributed by atoms with Gasteiger partial charge in [0.1, 0.15) is 5.71 Å². The SMILES string of the molecule is Nc1ccc(N=C2C=NN=C2)cc1. The van der Waals surface area contributed by atoms with Gasteiger partial charge in [-0.2, -0.15) is 10.2 Å². The minimum Gasteiger partial charge on any atom is -0.399 e. The van der Waals surface area contributed by atoms with Gasteiger partial charge in [0.15, 0.2) is 0 Å². The predicted octanol–water partition coefficient (Wildman–Crippen LogP) is 1.41. The van der Waals surface area contributed by atoms with Crippen molar-refractivity contribution in [1.82, 2.24) is 0 Å². The van der Waals surface area contributed by atoms with Crippen LogP contribution < -0.4 is 5.73 Å². The third-order valence-electron chi connectivity index (χ3n) is 1.60. The van der Waals surface area contributed by atoms with E-state index in [0.29, 0.717) is 0 Å².